The molecule has 0 saturated carbocycles. The Labute approximate surface area is 236 Å². The second-order valence-corrected chi connectivity index (χ2v) is 10.9. The van der Waals surface area contributed by atoms with Crippen LogP contribution in [-0.4, -0.2) is 56.7 Å². The summed E-state index contributed by atoms with van der Waals surface area (Å²) in [4.78, 5) is 27.6. The molecule has 210 valence electrons. The van der Waals surface area contributed by atoms with Crippen molar-refractivity contribution in [1.29, 1.82) is 0 Å². The predicted molar refractivity (Wildman–Crippen MR) is 157 cm³/mol. The van der Waals surface area contributed by atoms with Gasteiger partial charge in [0.05, 0.1) is 16.8 Å². The second kappa shape index (κ2) is 12.1. The summed E-state index contributed by atoms with van der Waals surface area (Å²) in [6.07, 6.45) is 4.63. The van der Waals surface area contributed by atoms with Crippen LogP contribution in [0.4, 0.5) is 10.2 Å². The molecule has 0 bridgehead atoms. The van der Waals surface area contributed by atoms with Gasteiger partial charge < -0.3 is 9.80 Å². The van der Waals surface area contributed by atoms with Crippen molar-refractivity contribution in [2.24, 2.45) is 5.92 Å². The SMILES string of the molecule is CCCC[C@H](CC)C(=O)N1CCN(c2nc(Cc3ccc(C)cc3)nc3c2c(C)nn3-c2ccc(F)cc2)CC1. The minimum absolute atomic E-state index is 0.106. The first kappa shape index (κ1) is 27.7. The molecule has 1 saturated heterocycles. The third-order valence-electron chi connectivity index (χ3n) is 7.92. The van der Waals surface area contributed by atoms with E-state index >= 15 is 0 Å². The van der Waals surface area contributed by atoms with Crippen LogP contribution in [0.5, 0.6) is 0 Å². The number of aromatic nitrogens is 4. The molecule has 1 aliphatic heterocycles. The Morgan fingerprint density at radius 2 is 1.65 bits per heavy atom. The number of piperazine rings is 1. The van der Waals surface area contributed by atoms with Gasteiger partial charge >= 0.3 is 0 Å². The summed E-state index contributed by atoms with van der Waals surface area (Å²) in [7, 11) is 0. The molecular weight excluding hydrogens is 503 g/mol. The Balaban J connectivity index is 1.49. The molecule has 4 aromatic rings. The van der Waals surface area contributed by atoms with Crippen molar-refractivity contribution in [3.05, 3.63) is 77.0 Å². The topological polar surface area (TPSA) is 67.2 Å². The number of unbranched alkanes of at least 4 members (excludes halogenated alkanes) is 1. The van der Waals surface area contributed by atoms with E-state index in [2.05, 4.69) is 49.9 Å². The lowest BCUT2D eigenvalue weighted by atomic mass is 9.97. The highest BCUT2D eigenvalue weighted by atomic mass is 19.1. The largest absolute Gasteiger partial charge is 0.352 e. The zero-order valence-electron chi connectivity index (χ0n) is 24.0. The fourth-order valence-corrected chi connectivity index (χ4v) is 5.51. The zero-order valence-corrected chi connectivity index (χ0v) is 24.0. The maximum Gasteiger partial charge on any atom is 0.225 e. The molecule has 2 aromatic heterocycles. The van der Waals surface area contributed by atoms with Crippen LogP contribution in [0, 0.1) is 25.6 Å². The Morgan fingerprint density at radius 3 is 2.30 bits per heavy atom. The molecule has 0 unspecified atom stereocenters. The molecule has 0 spiro atoms. The van der Waals surface area contributed by atoms with Crippen molar-refractivity contribution in [3.63, 3.8) is 0 Å². The van der Waals surface area contributed by atoms with Gasteiger partial charge in [-0.25, -0.2) is 19.0 Å². The van der Waals surface area contributed by atoms with Gasteiger partial charge in [0, 0.05) is 38.5 Å². The van der Waals surface area contributed by atoms with Gasteiger partial charge in [0.25, 0.3) is 0 Å². The monoisotopic (exact) mass is 542 g/mol. The highest BCUT2D eigenvalue weighted by Crippen LogP contribution is 2.31. The van der Waals surface area contributed by atoms with Crippen molar-refractivity contribution in [2.45, 2.75) is 59.8 Å². The fourth-order valence-electron chi connectivity index (χ4n) is 5.51. The minimum atomic E-state index is -0.292. The molecule has 1 aliphatic rings. The van der Waals surface area contributed by atoms with Crippen LogP contribution in [0.3, 0.4) is 0 Å². The van der Waals surface area contributed by atoms with Crippen LogP contribution in [0.1, 0.15) is 62.2 Å². The third kappa shape index (κ3) is 5.86. The molecule has 2 aromatic carbocycles. The molecule has 7 nitrogen and oxygen atoms in total. The number of hydrogen-bond donors (Lipinski definition) is 0. The molecule has 0 aliphatic carbocycles. The zero-order chi connectivity index (χ0) is 28.2. The number of carbonyl (C=O) groups excluding carboxylic acids is 1. The van der Waals surface area contributed by atoms with Crippen LogP contribution in [0.2, 0.25) is 0 Å². The molecular formula is C32H39FN6O. The van der Waals surface area contributed by atoms with Gasteiger partial charge in [-0.3, -0.25) is 4.79 Å². The number of amides is 1. The number of rotatable bonds is 9. The summed E-state index contributed by atoms with van der Waals surface area (Å²) < 4.78 is 15.5. The molecule has 8 heteroatoms. The molecule has 0 N–H and O–H groups in total. The highest BCUT2D eigenvalue weighted by Gasteiger charge is 2.29. The fraction of sp³-hybridized carbons (Fsp3) is 0.438. The van der Waals surface area contributed by atoms with E-state index < -0.39 is 0 Å². The van der Waals surface area contributed by atoms with Crippen molar-refractivity contribution in [2.75, 3.05) is 31.1 Å². The van der Waals surface area contributed by atoms with Crippen LogP contribution in [0.15, 0.2) is 48.5 Å². The quantitative estimate of drug-likeness (QED) is 0.258. The van der Waals surface area contributed by atoms with Crippen molar-refractivity contribution < 1.29 is 9.18 Å². The molecule has 1 fully saturated rings. The smallest absolute Gasteiger partial charge is 0.225 e. The van der Waals surface area contributed by atoms with Gasteiger partial charge in [-0.1, -0.05) is 56.5 Å². The lowest BCUT2D eigenvalue weighted by molar-refractivity contribution is -0.136. The van der Waals surface area contributed by atoms with Crippen LogP contribution >= 0.6 is 0 Å². The van der Waals surface area contributed by atoms with E-state index in [4.69, 9.17) is 15.1 Å². The normalized spacial score (nSPS) is 14.6. The van der Waals surface area contributed by atoms with Gasteiger partial charge in [-0.05, 0) is 56.5 Å². The molecule has 5 rings (SSSR count). The van der Waals surface area contributed by atoms with E-state index in [0.717, 1.165) is 53.8 Å². The number of benzene rings is 2. The van der Waals surface area contributed by atoms with E-state index in [-0.39, 0.29) is 17.6 Å². The third-order valence-corrected chi connectivity index (χ3v) is 7.92. The summed E-state index contributed by atoms with van der Waals surface area (Å²) in [5, 5.41) is 5.71. The van der Waals surface area contributed by atoms with E-state index in [9.17, 15) is 9.18 Å². The number of fused-ring (bicyclic) bond motifs is 1. The number of carbonyl (C=O) groups is 1. The summed E-state index contributed by atoms with van der Waals surface area (Å²) >= 11 is 0. The Morgan fingerprint density at radius 1 is 0.950 bits per heavy atom. The molecule has 1 atom stereocenters. The Kier molecular flexibility index (Phi) is 8.43. The van der Waals surface area contributed by atoms with E-state index in [1.807, 2.05) is 11.8 Å². The Bertz CT molecular complexity index is 1460. The van der Waals surface area contributed by atoms with Gasteiger partial charge in [-0.15, -0.1) is 0 Å². The lowest BCUT2D eigenvalue weighted by Gasteiger charge is -2.37. The van der Waals surface area contributed by atoms with Gasteiger partial charge in [0.15, 0.2) is 5.65 Å². The van der Waals surface area contributed by atoms with E-state index in [1.165, 1.54) is 17.7 Å². The van der Waals surface area contributed by atoms with E-state index in [1.54, 1.807) is 16.8 Å². The average molecular weight is 543 g/mol. The summed E-state index contributed by atoms with van der Waals surface area (Å²) in [6, 6.07) is 14.7. The van der Waals surface area contributed by atoms with Crippen LogP contribution in [0.25, 0.3) is 16.7 Å². The number of hydrogen-bond acceptors (Lipinski definition) is 5. The summed E-state index contributed by atoms with van der Waals surface area (Å²) in [5.74, 6) is 1.65. The van der Waals surface area contributed by atoms with Gasteiger partial charge in [0.1, 0.15) is 17.5 Å². The van der Waals surface area contributed by atoms with E-state index in [0.29, 0.717) is 44.1 Å². The van der Waals surface area contributed by atoms with Crippen molar-refractivity contribution in [1.82, 2.24) is 24.6 Å². The molecule has 1 amide bonds. The first-order chi connectivity index (χ1) is 19.4. The maximum atomic E-state index is 13.7. The molecule has 40 heavy (non-hydrogen) atoms. The van der Waals surface area contributed by atoms with Crippen LogP contribution < -0.4 is 4.90 Å². The highest BCUT2D eigenvalue weighted by molar-refractivity contribution is 5.91. The standard InChI is InChI=1S/C32H39FN6O/c1-5-7-8-25(6-2)32(40)38-19-17-37(18-20-38)30-29-23(4)36-39(27-15-13-26(33)14-16-27)31(29)35-28(34-30)21-24-11-9-22(3)10-12-24/h9-16,25H,5-8,17-21H2,1-4H3/t25-/m0/s1. The van der Waals surface area contributed by atoms with Crippen molar-refractivity contribution in [3.8, 4) is 5.69 Å². The number of anilines is 1. The first-order valence-electron chi connectivity index (χ1n) is 14.5. The Hall–Kier alpha value is -3.81. The lowest BCUT2D eigenvalue weighted by Crippen LogP contribution is -2.50. The second-order valence-electron chi connectivity index (χ2n) is 10.9. The minimum Gasteiger partial charge on any atom is -0.352 e. The summed E-state index contributed by atoms with van der Waals surface area (Å²) in [6.45, 7) is 11.1. The van der Waals surface area contributed by atoms with Crippen LogP contribution in [-0.2, 0) is 11.2 Å². The first-order valence-corrected chi connectivity index (χ1v) is 14.5. The predicted octanol–water partition coefficient (Wildman–Crippen LogP) is 6.03. The number of halogens is 1. The average Bonchev–Trinajstić information content (AvgIpc) is 3.30. The molecule has 3 heterocycles. The van der Waals surface area contributed by atoms with Gasteiger partial charge in [0.2, 0.25) is 5.91 Å². The number of aryl methyl sites for hydroxylation is 2. The maximum absolute atomic E-state index is 13.7. The summed E-state index contributed by atoms with van der Waals surface area (Å²) in [5.41, 5.74) is 4.62. The van der Waals surface area contributed by atoms with Gasteiger partial charge in [-0.2, -0.15) is 5.10 Å². The molecule has 0 radical (unpaired) electrons. The van der Waals surface area contributed by atoms with Crippen molar-refractivity contribution >= 4 is 22.8 Å². The number of nitrogens with zero attached hydrogens (tertiary/aromatic N) is 6.